The van der Waals surface area contributed by atoms with Gasteiger partial charge in [-0.15, -0.1) is 0 Å². The summed E-state index contributed by atoms with van der Waals surface area (Å²) in [4.78, 5) is 37.7. The number of ether oxygens (including phenoxy) is 1. The van der Waals surface area contributed by atoms with Crippen LogP contribution in [0.2, 0.25) is 0 Å². The Balaban J connectivity index is 0.000000572. The minimum atomic E-state index is -5.11. The van der Waals surface area contributed by atoms with E-state index >= 15 is 0 Å². The summed E-state index contributed by atoms with van der Waals surface area (Å²) in [5.41, 5.74) is 0.0701. The van der Waals surface area contributed by atoms with Crippen molar-refractivity contribution in [3.63, 3.8) is 0 Å². The molecule has 2 aliphatic rings. The highest BCUT2D eigenvalue weighted by molar-refractivity contribution is 6.04. The Labute approximate surface area is 201 Å². The fraction of sp³-hybridized carbons (Fsp3) is 0.571. The van der Waals surface area contributed by atoms with E-state index in [-0.39, 0.29) is 37.3 Å². The van der Waals surface area contributed by atoms with Crippen LogP contribution in [0.15, 0.2) is 18.2 Å². The van der Waals surface area contributed by atoms with E-state index in [4.69, 9.17) is 14.6 Å². The Morgan fingerprint density at radius 3 is 1.92 bits per heavy atom. The molecule has 2 N–H and O–H groups in total. The normalized spacial score (nSPS) is 17.7. The van der Waals surface area contributed by atoms with Crippen molar-refractivity contribution in [1.29, 1.82) is 0 Å². The van der Waals surface area contributed by atoms with Crippen LogP contribution in [-0.4, -0.2) is 97.8 Å². The van der Waals surface area contributed by atoms with Gasteiger partial charge in [-0.25, -0.2) is 9.59 Å². The van der Waals surface area contributed by atoms with Crippen molar-refractivity contribution in [2.45, 2.75) is 31.2 Å². The second-order valence-electron chi connectivity index (χ2n) is 8.12. The van der Waals surface area contributed by atoms with Crippen LogP contribution in [-0.2, 0) is 14.3 Å². The average molecular weight is 529 g/mol. The molecule has 0 atom stereocenters. The highest BCUT2D eigenvalue weighted by Crippen LogP contribution is 2.34. The molecule has 0 aliphatic carbocycles. The third-order valence-electron chi connectivity index (χ3n) is 5.60. The molecular weight excluding hydrogens is 504 g/mol. The van der Waals surface area contributed by atoms with Crippen LogP contribution in [0.3, 0.4) is 0 Å². The quantitative estimate of drug-likeness (QED) is 0.574. The molecule has 0 unspecified atom stereocenters. The van der Waals surface area contributed by atoms with Gasteiger partial charge in [-0.3, -0.25) is 4.79 Å². The number of carboxylic acids is 2. The topological polar surface area (TPSA) is 111 Å². The SMILES string of the molecule is CN1CCN(c2ccc(N(C(=O)C(F)(F)F)C3CCOCC3)c(C(=O)O)c2)CC1.O=C(O)C(F)(F)F. The van der Waals surface area contributed by atoms with Crippen LogP contribution in [0.5, 0.6) is 0 Å². The summed E-state index contributed by atoms with van der Waals surface area (Å²) in [7, 11) is 1.98. The summed E-state index contributed by atoms with van der Waals surface area (Å²) < 4.78 is 76.8. The van der Waals surface area contributed by atoms with Crippen molar-refractivity contribution in [1.82, 2.24) is 4.90 Å². The minimum absolute atomic E-state index is 0.209. The number of halogens is 6. The number of carboxylic acid groups (broad SMARTS) is 2. The molecule has 2 fully saturated rings. The zero-order chi connectivity index (χ0) is 27.3. The number of carbonyl (C=O) groups excluding carboxylic acids is 1. The Morgan fingerprint density at radius 2 is 1.47 bits per heavy atom. The second kappa shape index (κ2) is 11.8. The number of aromatic carboxylic acids is 1. The number of hydrogen-bond donors (Lipinski definition) is 2. The number of nitrogens with zero attached hydrogens (tertiary/aromatic N) is 3. The van der Waals surface area contributed by atoms with Gasteiger partial charge in [0.15, 0.2) is 0 Å². The summed E-state index contributed by atoms with van der Waals surface area (Å²) >= 11 is 0. The van der Waals surface area contributed by atoms with E-state index < -0.39 is 36.2 Å². The minimum Gasteiger partial charge on any atom is -0.478 e. The molecule has 1 aromatic carbocycles. The van der Waals surface area contributed by atoms with Gasteiger partial charge in [0.25, 0.3) is 0 Å². The van der Waals surface area contributed by atoms with Gasteiger partial charge >= 0.3 is 30.2 Å². The number of carbonyl (C=O) groups is 3. The van der Waals surface area contributed by atoms with Crippen molar-refractivity contribution in [2.24, 2.45) is 0 Å². The number of benzene rings is 1. The number of amides is 1. The molecule has 2 saturated heterocycles. The van der Waals surface area contributed by atoms with Gasteiger partial charge in [0, 0.05) is 51.1 Å². The molecule has 1 aromatic rings. The lowest BCUT2D eigenvalue weighted by atomic mass is 10.0. The highest BCUT2D eigenvalue weighted by atomic mass is 19.4. The third kappa shape index (κ3) is 7.71. The summed E-state index contributed by atoms with van der Waals surface area (Å²) in [6.45, 7) is 3.39. The zero-order valence-corrected chi connectivity index (χ0v) is 19.1. The second-order valence-corrected chi connectivity index (χ2v) is 8.12. The monoisotopic (exact) mass is 529 g/mol. The van der Waals surface area contributed by atoms with Crippen LogP contribution in [0.1, 0.15) is 23.2 Å². The van der Waals surface area contributed by atoms with Gasteiger partial charge in [-0.1, -0.05) is 0 Å². The number of hydrogen-bond acceptors (Lipinski definition) is 6. The lowest BCUT2D eigenvalue weighted by Gasteiger charge is -2.37. The molecule has 2 aliphatic heterocycles. The maximum Gasteiger partial charge on any atom is 0.490 e. The molecule has 0 saturated carbocycles. The Kier molecular flexibility index (Phi) is 9.54. The molecule has 9 nitrogen and oxygen atoms in total. The molecule has 202 valence electrons. The van der Waals surface area contributed by atoms with Crippen molar-refractivity contribution >= 4 is 29.2 Å². The fourth-order valence-electron chi connectivity index (χ4n) is 3.72. The van der Waals surface area contributed by atoms with Gasteiger partial charge in [0.1, 0.15) is 0 Å². The van der Waals surface area contributed by atoms with Crippen LogP contribution in [0.4, 0.5) is 37.7 Å². The molecule has 3 rings (SSSR count). The summed E-state index contributed by atoms with van der Waals surface area (Å²) in [5, 5.41) is 16.8. The standard InChI is InChI=1S/C19H24F3N3O4.C2HF3O2/c1-23-6-8-24(9-7-23)14-2-3-16(15(12-14)17(26)27)25(18(28)19(20,21)22)13-4-10-29-11-5-13;3-2(4,5)1(6)7/h2-3,12-13H,4-11H2,1H3,(H,26,27);(H,6,7). The van der Waals surface area contributed by atoms with E-state index in [0.717, 1.165) is 13.1 Å². The first kappa shape index (κ1) is 29.2. The summed E-state index contributed by atoms with van der Waals surface area (Å²) in [6, 6.07) is 3.49. The molecule has 0 spiro atoms. The van der Waals surface area contributed by atoms with Gasteiger partial charge in [-0.05, 0) is 38.1 Å². The fourth-order valence-corrected chi connectivity index (χ4v) is 3.72. The van der Waals surface area contributed by atoms with Crippen LogP contribution in [0.25, 0.3) is 0 Å². The molecule has 0 aromatic heterocycles. The maximum atomic E-state index is 13.3. The van der Waals surface area contributed by atoms with Gasteiger partial charge in [-0.2, -0.15) is 26.3 Å². The maximum absolute atomic E-state index is 13.3. The van der Waals surface area contributed by atoms with Crippen molar-refractivity contribution < 1.29 is 55.7 Å². The molecule has 0 radical (unpaired) electrons. The van der Waals surface area contributed by atoms with E-state index in [1.165, 1.54) is 12.1 Å². The Bertz CT molecular complexity index is 941. The third-order valence-corrected chi connectivity index (χ3v) is 5.60. The lowest BCUT2D eigenvalue weighted by molar-refractivity contribution is -0.192. The number of likely N-dealkylation sites (N-methyl/N-ethyl adjacent to an activating group) is 1. The molecule has 36 heavy (non-hydrogen) atoms. The largest absolute Gasteiger partial charge is 0.490 e. The van der Waals surface area contributed by atoms with E-state index in [1.807, 2.05) is 11.9 Å². The first-order valence-corrected chi connectivity index (χ1v) is 10.7. The first-order chi connectivity index (χ1) is 16.6. The van der Waals surface area contributed by atoms with Crippen LogP contribution < -0.4 is 9.80 Å². The molecule has 0 bridgehead atoms. The van der Waals surface area contributed by atoms with Crippen LogP contribution >= 0.6 is 0 Å². The molecule has 1 amide bonds. The van der Waals surface area contributed by atoms with Gasteiger partial charge in [0.2, 0.25) is 0 Å². The molecular formula is C21H25F6N3O6. The van der Waals surface area contributed by atoms with Crippen molar-refractivity contribution in [2.75, 3.05) is 56.2 Å². The van der Waals surface area contributed by atoms with Crippen molar-refractivity contribution in [3.05, 3.63) is 23.8 Å². The summed E-state index contributed by atoms with van der Waals surface area (Å²) in [6.07, 6.45) is -9.77. The molecule has 15 heteroatoms. The number of anilines is 2. The van der Waals surface area contributed by atoms with Crippen LogP contribution in [0, 0.1) is 0 Å². The Hall–Kier alpha value is -3.07. The van der Waals surface area contributed by atoms with Gasteiger partial charge < -0.3 is 29.6 Å². The van der Waals surface area contributed by atoms with Crippen molar-refractivity contribution in [3.8, 4) is 0 Å². The lowest BCUT2D eigenvalue weighted by Crippen LogP contribution is -2.50. The average Bonchev–Trinajstić information content (AvgIpc) is 2.79. The van der Waals surface area contributed by atoms with E-state index in [9.17, 15) is 41.0 Å². The van der Waals surface area contributed by atoms with E-state index in [2.05, 4.69) is 4.90 Å². The Morgan fingerprint density at radius 1 is 0.944 bits per heavy atom. The number of aliphatic carboxylic acids is 1. The number of alkyl halides is 6. The van der Waals surface area contributed by atoms with Gasteiger partial charge in [0.05, 0.1) is 11.3 Å². The molecule has 2 heterocycles. The number of rotatable bonds is 4. The smallest absolute Gasteiger partial charge is 0.478 e. The predicted octanol–water partition coefficient (Wildman–Crippen LogP) is 2.84. The van der Waals surface area contributed by atoms with E-state index in [1.54, 1.807) is 6.07 Å². The number of piperazine rings is 1. The highest BCUT2D eigenvalue weighted by Gasteiger charge is 2.46. The zero-order valence-electron chi connectivity index (χ0n) is 19.1. The predicted molar refractivity (Wildman–Crippen MR) is 114 cm³/mol. The summed E-state index contributed by atoms with van der Waals surface area (Å²) in [5.74, 6) is -6.19. The first-order valence-electron chi connectivity index (χ1n) is 10.7. The van der Waals surface area contributed by atoms with E-state index in [0.29, 0.717) is 23.7 Å².